The summed E-state index contributed by atoms with van der Waals surface area (Å²) in [5.41, 5.74) is 9.28. The van der Waals surface area contributed by atoms with Crippen LogP contribution in [0.3, 0.4) is 0 Å². The molecule has 2 saturated carbocycles. The van der Waals surface area contributed by atoms with Crippen molar-refractivity contribution in [2.75, 3.05) is 0 Å². The maximum absolute atomic E-state index is 13.1. The van der Waals surface area contributed by atoms with Gasteiger partial charge in [-0.05, 0) is 133 Å². The van der Waals surface area contributed by atoms with Gasteiger partial charge in [-0.1, -0.05) is 43.3 Å². The molecule has 0 aromatic heterocycles. The van der Waals surface area contributed by atoms with Crippen LogP contribution in [0, 0.1) is 11.2 Å². The van der Waals surface area contributed by atoms with Gasteiger partial charge in [0.05, 0.1) is 5.41 Å². The predicted molar refractivity (Wildman–Crippen MR) is 165 cm³/mol. The van der Waals surface area contributed by atoms with E-state index in [1.54, 1.807) is 24.3 Å². The molecule has 3 aliphatic rings. The number of ether oxygens (including phenoxy) is 1. The lowest BCUT2D eigenvalue weighted by atomic mass is 9.91. The second kappa shape index (κ2) is 11.9. The van der Waals surface area contributed by atoms with Crippen molar-refractivity contribution < 1.29 is 18.7 Å². The van der Waals surface area contributed by atoms with Crippen LogP contribution in [0.25, 0.3) is 17.9 Å². The molecule has 212 valence electrons. The summed E-state index contributed by atoms with van der Waals surface area (Å²) in [6, 6.07) is 18.6. The fraction of sp³-hybridized carbons (Fsp3) is 0.289. The Hall–Kier alpha value is -4.27. The second-order valence-electron chi connectivity index (χ2n) is 11.6. The molecule has 0 radical (unpaired) electrons. The summed E-state index contributed by atoms with van der Waals surface area (Å²) in [6.45, 7) is 2.21. The molecular weight excluding hydrogens is 523 g/mol. The van der Waals surface area contributed by atoms with Crippen molar-refractivity contribution in [2.24, 2.45) is 5.41 Å². The molecule has 3 aromatic rings. The topological polar surface area (TPSA) is 43.4 Å². The molecule has 0 atom stereocenters. The smallest absolute Gasteiger partial charge is 0.169 e. The highest BCUT2D eigenvalue weighted by Gasteiger charge is 2.53. The molecule has 42 heavy (non-hydrogen) atoms. The van der Waals surface area contributed by atoms with Crippen molar-refractivity contribution in [1.29, 1.82) is 0 Å². The van der Waals surface area contributed by atoms with Crippen molar-refractivity contribution in [2.45, 2.75) is 64.2 Å². The Bertz CT molecular complexity index is 1620. The van der Waals surface area contributed by atoms with E-state index in [2.05, 4.69) is 24.8 Å². The van der Waals surface area contributed by atoms with Gasteiger partial charge in [0, 0.05) is 12.0 Å². The number of Topliss-reactive ketones (excluding diaryl/α,β-unsaturated/α-hetero) is 1. The fourth-order valence-corrected chi connectivity index (χ4v) is 5.77. The normalized spacial score (nSPS) is 16.6. The van der Waals surface area contributed by atoms with E-state index in [4.69, 9.17) is 4.74 Å². The van der Waals surface area contributed by atoms with Gasteiger partial charge in [0.15, 0.2) is 5.78 Å². The Morgan fingerprint density at radius 1 is 1.05 bits per heavy atom. The summed E-state index contributed by atoms with van der Waals surface area (Å²) in [5.74, 6) is 1.80. The molecule has 0 saturated heterocycles. The summed E-state index contributed by atoms with van der Waals surface area (Å²) in [7, 11) is 0. The maximum Gasteiger partial charge on any atom is 0.169 e. The average molecular weight is 559 g/mol. The van der Waals surface area contributed by atoms with Crippen LogP contribution in [0.15, 0.2) is 84.6 Å². The SMILES string of the molecule is CCc1cc2c(cc1C1CC1)C(Oc1ccc(/C=C/C(=O)C3(C(=O)CCCc4ccc(F)cc4)CC3)cc1)=CC=C=C2. The zero-order valence-corrected chi connectivity index (χ0v) is 24.0. The van der Waals surface area contributed by atoms with Crippen molar-refractivity contribution in [1.82, 2.24) is 0 Å². The highest BCUT2D eigenvalue weighted by molar-refractivity contribution is 6.15. The first-order valence-corrected chi connectivity index (χ1v) is 15.0. The van der Waals surface area contributed by atoms with Gasteiger partial charge in [0.1, 0.15) is 23.1 Å². The number of allylic oxidation sites excluding steroid dienone is 3. The number of rotatable bonds is 12. The van der Waals surface area contributed by atoms with E-state index in [1.165, 1.54) is 36.1 Å². The molecule has 3 aromatic carbocycles. The molecule has 0 amide bonds. The summed E-state index contributed by atoms with van der Waals surface area (Å²) in [4.78, 5) is 25.9. The lowest BCUT2D eigenvalue weighted by Crippen LogP contribution is -2.24. The average Bonchev–Trinajstić information content (AvgIpc) is 3.92. The Kier molecular flexibility index (Phi) is 7.91. The Morgan fingerprint density at radius 2 is 1.81 bits per heavy atom. The third-order valence-electron chi connectivity index (χ3n) is 8.62. The van der Waals surface area contributed by atoms with E-state index in [0.717, 1.165) is 34.4 Å². The lowest BCUT2D eigenvalue weighted by molar-refractivity contribution is -0.132. The lowest BCUT2D eigenvalue weighted by Gasteiger charge is -2.16. The van der Waals surface area contributed by atoms with E-state index in [-0.39, 0.29) is 17.4 Å². The van der Waals surface area contributed by atoms with Crippen LogP contribution < -0.4 is 4.74 Å². The van der Waals surface area contributed by atoms with Gasteiger partial charge in [-0.3, -0.25) is 9.59 Å². The first-order valence-electron chi connectivity index (χ1n) is 15.0. The minimum Gasteiger partial charge on any atom is -0.457 e. The van der Waals surface area contributed by atoms with Gasteiger partial charge < -0.3 is 4.74 Å². The summed E-state index contributed by atoms with van der Waals surface area (Å²) in [6.07, 6.45) is 15.6. The quantitative estimate of drug-likeness (QED) is 0.127. The first-order chi connectivity index (χ1) is 20.4. The van der Waals surface area contributed by atoms with Crippen molar-refractivity contribution >= 4 is 29.5 Å². The molecule has 0 spiro atoms. The number of benzene rings is 3. The van der Waals surface area contributed by atoms with Gasteiger partial charge in [-0.2, -0.15) is 0 Å². The van der Waals surface area contributed by atoms with Crippen molar-refractivity contribution in [3.63, 3.8) is 0 Å². The summed E-state index contributed by atoms with van der Waals surface area (Å²) >= 11 is 0. The van der Waals surface area contributed by atoms with Crippen LogP contribution >= 0.6 is 0 Å². The number of hydrogen-bond acceptors (Lipinski definition) is 3. The Labute approximate surface area is 247 Å². The number of halogens is 1. The van der Waals surface area contributed by atoms with Crippen molar-refractivity contribution in [3.8, 4) is 5.75 Å². The third kappa shape index (κ3) is 6.15. The van der Waals surface area contributed by atoms with E-state index in [9.17, 15) is 14.0 Å². The highest BCUT2D eigenvalue weighted by atomic mass is 19.1. The van der Waals surface area contributed by atoms with Gasteiger partial charge in [0.2, 0.25) is 0 Å². The van der Waals surface area contributed by atoms with E-state index < -0.39 is 5.41 Å². The number of hydrogen-bond donors (Lipinski definition) is 0. The van der Waals surface area contributed by atoms with Crippen LogP contribution in [-0.2, 0) is 22.4 Å². The van der Waals surface area contributed by atoms with Gasteiger partial charge in [0.25, 0.3) is 0 Å². The molecule has 4 heteroatoms. The summed E-state index contributed by atoms with van der Waals surface area (Å²) in [5, 5.41) is 0. The minimum atomic E-state index is -0.861. The van der Waals surface area contributed by atoms with E-state index in [1.807, 2.05) is 42.5 Å². The Balaban J connectivity index is 1.07. The summed E-state index contributed by atoms with van der Waals surface area (Å²) < 4.78 is 19.5. The Morgan fingerprint density at radius 3 is 2.50 bits per heavy atom. The van der Waals surface area contributed by atoms with Crippen molar-refractivity contribution in [3.05, 3.63) is 124 Å². The molecule has 2 fully saturated rings. The number of carbonyl (C=O) groups is 2. The number of ketones is 2. The highest BCUT2D eigenvalue weighted by Crippen LogP contribution is 2.49. The number of carbonyl (C=O) groups excluding carboxylic acids is 2. The van der Waals surface area contributed by atoms with E-state index in [0.29, 0.717) is 43.8 Å². The predicted octanol–water partition coefficient (Wildman–Crippen LogP) is 8.82. The standard InChI is InChI=1S/C38H35FO3/c1-2-28-24-30-7-3-4-8-35(34(30)25-33(28)29-15-16-29)42-32-19-12-27(13-20-32)14-21-37(41)38(22-23-38)36(40)9-5-6-26-10-17-31(39)18-11-26/h4,7-8,10-14,17-21,24-25,29H,2,5-6,9,15-16,22-23H2,1H3/b21-14+. The van der Waals surface area contributed by atoms with Crippen LogP contribution in [0.4, 0.5) is 4.39 Å². The minimum absolute atomic E-state index is 0.0133. The second-order valence-corrected chi connectivity index (χ2v) is 11.6. The van der Waals surface area contributed by atoms with Crippen LogP contribution in [0.1, 0.15) is 84.7 Å². The van der Waals surface area contributed by atoms with Gasteiger partial charge >= 0.3 is 0 Å². The molecule has 0 unspecified atom stereocenters. The molecule has 0 N–H and O–H groups in total. The monoisotopic (exact) mass is 558 g/mol. The number of aryl methyl sites for hydroxylation is 2. The third-order valence-corrected chi connectivity index (χ3v) is 8.62. The maximum atomic E-state index is 13.1. The molecule has 3 nitrogen and oxygen atoms in total. The first kappa shape index (κ1) is 27.9. The van der Waals surface area contributed by atoms with E-state index >= 15 is 0 Å². The van der Waals surface area contributed by atoms with Crippen LogP contribution in [0.2, 0.25) is 0 Å². The number of fused-ring (bicyclic) bond motifs is 1. The van der Waals surface area contributed by atoms with Crippen LogP contribution in [-0.4, -0.2) is 11.6 Å². The van der Waals surface area contributed by atoms with Gasteiger partial charge in [-0.25, -0.2) is 4.39 Å². The molecule has 0 aliphatic heterocycles. The fourth-order valence-electron chi connectivity index (χ4n) is 5.77. The zero-order chi connectivity index (χ0) is 29.1. The van der Waals surface area contributed by atoms with Gasteiger partial charge in [-0.15, -0.1) is 5.73 Å². The molecule has 6 rings (SSSR count). The van der Waals surface area contributed by atoms with Crippen LogP contribution in [0.5, 0.6) is 5.75 Å². The largest absolute Gasteiger partial charge is 0.457 e. The zero-order valence-electron chi connectivity index (χ0n) is 24.0. The molecule has 3 aliphatic carbocycles. The molecule has 0 bridgehead atoms. The molecular formula is C38H35FO3. The molecule has 0 heterocycles.